The van der Waals surface area contributed by atoms with Gasteiger partial charge in [0.2, 0.25) is 5.95 Å². The molecule has 0 aliphatic carbocycles. The van der Waals surface area contributed by atoms with Gasteiger partial charge >= 0.3 is 12.2 Å². The zero-order valence-corrected chi connectivity index (χ0v) is 18.9. The lowest BCUT2D eigenvalue weighted by Crippen LogP contribution is -2.27. The Hall–Kier alpha value is -4.04. The maximum Gasteiger partial charge on any atom is 0.335 e. The maximum atomic E-state index is 14.0. The Balaban J connectivity index is 1.56. The van der Waals surface area contributed by atoms with Crippen molar-refractivity contribution in [2.45, 2.75) is 24.9 Å². The Morgan fingerprint density at radius 2 is 1.89 bits per heavy atom. The molecule has 182 valence electrons. The Bertz CT molecular complexity index is 1700. The van der Waals surface area contributed by atoms with Crippen molar-refractivity contribution in [2.24, 2.45) is 0 Å². The van der Waals surface area contributed by atoms with Gasteiger partial charge in [0.1, 0.15) is 11.2 Å². The molecule has 2 N–H and O–H groups in total. The van der Waals surface area contributed by atoms with Crippen molar-refractivity contribution in [1.29, 1.82) is 0 Å². The summed E-state index contributed by atoms with van der Waals surface area (Å²) in [5.41, 5.74) is 5.57. The summed E-state index contributed by atoms with van der Waals surface area (Å²) >= 11 is 0. The first-order valence-corrected chi connectivity index (χ1v) is 11.7. The molecule has 0 saturated carbocycles. The van der Waals surface area contributed by atoms with Gasteiger partial charge in [-0.2, -0.15) is 22.2 Å². The fourth-order valence-corrected chi connectivity index (χ4v) is 4.59. The molecule has 5 aromatic rings. The predicted octanol–water partition coefficient (Wildman–Crippen LogP) is 2.80. The number of alkyl halides is 2. The summed E-state index contributed by atoms with van der Waals surface area (Å²) in [6.45, 7) is -2.30. The van der Waals surface area contributed by atoms with Gasteiger partial charge in [-0.05, 0) is 31.2 Å². The number of benzene rings is 1. The number of nitrogens with two attached hydrogens (primary N) is 1. The predicted molar refractivity (Wildman–Crippen MR) is 120 cm³/mol. The summed E-state index contributed by atoms with van der Waals surface area (Å²) in [4.78, 5) is 21.3. The van der Waals surface area contributed by atoms with Crippen LogP contribution in [0.2, 0.25) is 0 Å². The standard InChI is InChI=1S/C21H18F2N6O5S/c1-12-4-6-13(7-5-12)35(31,32)34-10-8-27-18-16(29(19(22)23)21(27)30)17-25-14(15-3-2-9-33-15)11-28(17)20(24)26-18/h2-7,9,11,19H,8,10H2,1H3,(H2,24,26). The maximum absolute atomic E-state index is 14.0. The van der Waals surface area contributed by atoms with Crippen molar-refractivity contribution in [2.75, 3.05) is 12.3 Å². The molecule has 4 heterocycles. The van der Waals surface area contributed by atoms with Crippen molar-refractivity contribution in [3.63, 3.8) is 0 Å². The summed E-state index contributed by atoms with van der Waals surface area (Å²) < 4.78 is 65.5. The molecule has 0 aliphatic heterocycles. The van der Waals surface area contributed by atoms with Gasteiger partial charge in [0, 0.05) is 6.20 Å². The summed E-state index contributed by atoms with van der Waals surface area (Å²) in [5.74, 6) is 0.243. The summed E-state index contributed by atoms with van der Waals surface area (Å²) in [7, 11) is -4.13. The molecule has 0 bridgehead atoms. The Kier molecular flexibility index (Phi) is 5.40. The smallest absolute Gasteiger partial charge is 0.335 e. The van der Waals surface area contributed by atoms with Crippen LogP contribution >= 0.6 is 0 Å². The summed E-state index contributed by atoms with van der Waals surface area (Å²) in [6.07, 6.45) is 2.87. The molecule has 35 heavy (non-hydrogen) atoms. The molecule has 0 spiro atoms. The second kappa shape index (κ2) is 8.32. The zero-order chi connectivity index (χ0) is 24.9. The van der Waals surface area contributed by atoms with Crippen LogP contribution in [0.3, 0.4) is 0 Å². The first-order valence-electron chi connectivity index (χ1n) is 10.2. The van der Waals surface area contributed by atoms with Crippen LogP contribution in [0.4, 0.5) is 14.7 Å². The first-order chi connectivity index (χ1) is 16.7. The molecule has 1 aromatic carbocycles. The Morgan fingerprint density at radius 1 is 1.14 bits per heavy atom. The van der Waals surface area contributed by atoms with Gasteiger partial charge in [0.05, 0.1) is 24.3 Å². The van der Waals surface area contributed by atoms with Crippen LogP contribution < -0.4 is 11.4 Å². The number of fused-ring (bicyclic) bond motifs is 3. The van der Waals surface area contributed by atoms with Crippen molar-refractivity contribution >= 4 is 32.9 Å². The minimum Gasteiger partial charge on any atom is -0.463 e. The van der Waals surface area contributed by atoms with E-state index in [0.29, 0.717) is 11.5 Å². The summed E-state index contributed by atoms with van der Waals surface area (Å²) in [6, 6.07) is 9.24. The van der Waals surface area contributed by atoms with Crippen molar-refractivity contribution in [3.8, 4) is 11.5 Å². The van der Waals surface area contributed by atoms with Crippen LogP contribution in [0, 0.1) is 6.92 Å². The highest BCUT2D eigenvalue weighted by atomic mass is 32.2. The first kappa shape index (κ1) is 22.7. The quantitative estimate of drug-likeness (QED) is 0.334. The lowest BCUT2D eigenvalue weighted by molar-refractivity contribution is 0.0702. The average Bonchev–Trinajstić information content (AvgIpc) is 3.53. The molecule has 0 atom stereocenters. The van der Waals surface area contributed by atoms with Crippen LogP contribution in [0.1, 0.15) is 12.1 Å². The number of nitrogens with zero attached hydrogens (tertiary/aromatic N) is 5. The highest BCUT2D eigenvalue weighted by Gasteiger charge is 2.26. The van der Waals surface area contributed by atoms with Crippen LogP contribution in [0.5, 0.6) is 0 Å². The third kappa shape index (κ3) is 3.85. The van der Waals surface area contributed by atoms with E-state index in [1.165, 1.54) is 29.0 Å². The topological polar surface area (TPSA) is 140 Å². The normalized spacial score (nSPS) is 12.3. The largest absolute Gasteiger partial charge is 0.463 e. The molecule has 14 heteroatoms. The molecule has 0 saturated heterocycles. The summed E-state index contributed by atoms with van der Waals surface area (Å²) in [5, 5.41) is 0. The van der Waals surface area contributed by atoms with Crippen molar-refractivity contribution < 1.29 is 25.8 Å². The molecule has 0 amide bonds. The number of nitrogen functional groups attached to an aromatic ring is 1. The molecule has 0 unspecified atom stereocenters. The molecular weight excluding hydrogens is 486 g/mol. The highest BCUT2D eigenvalue weighted by Crippen LogP contribution is 2.27. The molecule has 11 nitrogen and oxygen atoms in total. The number of furan rings is 1. The lowest BCUT2D eigenvalue weighted by Gasteiger charge is -2.07. The van der Waals surface area contributed by atoms with Gasteiger partial charge < -0.3 is 10.2 Å². The van der Waals surface area contributed by atoms with E-state index in [9.17, 15) is 22.0 Å². The number of anilines is 1. The number of halogens is 2. The third-order valence-electron chi connectivity index (χ3n) is 5.36. The second-order valence-electron chi connectivity index (χ2n) is 7.61. The number of hydrogen-bond donors (Lipinski definition) is 1. The van der Waals surface area contributed by atoms with Crippen LogP contribution in [0.25, 0.3) is 28.3 Å². The SMILES string of the molecule is Cc1ccc(S(=O)(=O)OCCn2c(=O)n(C(F)F)c3c2nc(N)n2cc(-c4ccco4)nc32)cc1. The van der Waals surface area contributed by atoms with Crippen molar-refractivity contribution in [1.82, 2.24) is 23.5 Å². The Labute approximate surface area is 196 Å². The Morgan fingerprint density at radius 3 is 2.54 bits per heavy atom. The van der Waals surface area contributed by atoms with Gasteiger partial charge in [-0.3, -0.25) is 13.2 Å². The molecule has 4 aromatic heterocycles. The monoisotopic (exact) mass is 504 g/mol. The fraction of sp³-hybridized carbons (Fsp3) is 0.190. The zero-order valence-electron chi connectivity index (χ0n) is 18.1. The number of rotatable bonds is 7. The minimum atomic E-state index is -4.13. The molecule has 5 rings (SSSR count). The van der Waals surface area contributed by atoms with E-state index in [-0.39, 0.29) is 38.8 Å². The molecular formula is C21H18F2N6O5S. The van der Waals surface area contributed by atoms with Gasteiger partial charge in [-0.15, -0.1) is 0 Å². The van der Waals surface area contributed by atoms with E-state index in [4.69, 9.17) is 14.3 Å². The van der Waals surface area contributed by atoms with E-state index in [1.807, 2.05) is 0 Å². The number of aromatic nitrogens is 5. The average molecular weight is 504 g/mol. The lowest BCUT2D eigenvalue weighted by atomic mass is 10.2. The van der Waals surface area contributed by atoms with Gasteiger partial charge in [-0.1, -0.05) is 17.7 Å². The van der Waals surface area contributed by atoms with E-state index < -0.39 is 29.0 Å². The highest BCUT2D eigenvalue weighted by molar-refractivity contribution is 7.86. The molecule has 0 fully saturated rings. The van der Waals surface area contributed by atoms with E-state index >= 15 is 0 Å². The van der Waals surface area contributed by atoms with Crippen LogP contribution in [-0.4, -0.2) is 38.5 Å². The number of hydrogen-bond acceptors (Lipinski definition) is 8. The van der Waals surface area contributed by atoms with E-state index in [2.05, 4.69) is 9.97 Å². The van der Waals surface area contributed by atoms with E-state index in [1.54, 1.807) is 31.2 Å². The third-order valence-corrected chi connectivity index (χ3v) is 6.69. The number of aryl methyl sites for hydroxylation is 1. The van der Waals surface area contributed by atoms with Gasteiger partial charge in [0.15, 0.2) is 17.1 Å². The second-order valence-corrected chi connectivity index (χ2v) is 9.23. The van der Waals surface area contributed by atoms with Gasteiger partial charge in [0.25, 0.3) is 10.1 Å². The fourth-order valence-electron chi connectivity index (χ4n) is 3.69. The minimum absolute atomic E-state index is 0.0387. The van der Waals surface area contributed by atoms with Crippen molar-refractivity contribution in [3.05, 3.63) is 64.9 Å². The van der Waals surface area contributed by atoms with Crippen LogP contribution in [-0.2, 0) is 20.8 Å². The molecule has 0 radical (unpaired) electrons. The number of imidazole rings is 2. The van der Waals surface area contributed by atoms with E-state index in [0.717, 1.165) is 10.1 Å². The molecule has 0 aliphatic rings. The van der Waals surface area contributed by atoms with Crippen LogP contribution in [0.15, 0.2) is 63.0 Å². The van der Waals surface area contributed by atoms with Gasteiger partial charge in [-0.25, -0.2) is 14.3 Å².